The first kappa shape index (κ1) is 23.6. The molecule has 2 saturated heterocycles. The summed E-state index contributed by atoms with van der Waals surface area (Å²) in [5.74, 6) is 0.321. The minimum absolute atomic E-state index is 0.306. The number of urea groups is 1. The first-order valence-electron chi connectivity index (χ1n) is 12.2. The number of benzene rings is 1. The van der Waals surface area contributed by atoms with E-state index in [9.17, 15) is 9.59 Å². The van der Waals surface area contributed by atoms with Crippen molar-refractivity contribution < 1.29 is 19.1 Å². The molecule has 2 amide bonds. The van der Waals surface area contributed by atoms with Crippen molar-refractivity contribution in [1.29, 1.82) is 0 Å². The average Bonchev–Trinajstić information content (AvgIpc) is 2.85. The van der Waals surface area contributed by atoms with Gasteiger partial charge in [0.1, 0.15) is 5.75 Å². The van der Waals surface area contributed by atoms with Crippen molar-refractivity contribution in [3.05, 3.63) is 41.1 Å². The molecule has 0 unspecified atom stereocenters. The molecule has 0 aromatic heterocycles. The number of esters is 1. The van der Waals surface area contributed by atoms with Crippen molar-refractivity contribution in [2.75, 3.05) is 46.4 Å². The van der Waals surface area contributed by atoms with Crippen molar-refractivity contribution >= 4 is 12.0 Å². The van der Waals surface area contributed by atoms with E-state index in [1.807, 2.05) is 31.2 Å². The highest BCUT2D eigenvalue weighted by atomic mass is 16.5. The summed E-state index contributed by atoms with van der Waals surface area (Å²) in [5.41, 5.74) is 1.90. The van der Waals surface area contributed by atoms with Crippen LogP contribution < -0.4 is 15.4 Å². The Labute approximate surface area is 196 Å². The third kappa shape index (κ3) is 5.68. The van der Waals surface area contributed by atoms with Crippen LogP contribution in [0.25, 0.3) is 0 Å². The highest BCUT2D eigenvalue weighted by molar-refractivity contribution is 5.95. The number of piperidine rings is 2. The summed E-state index contributed by atoms with van der Waals surface area (Å²) in [5, 5.41) is 5.78. The number of carbonyl (C=O) groups excluding carboxylic acids is 2. The van der Waals surface area contributed by atoms with Crippen molar-refractivity contribution in [1.82, 2.24) is 20.4 Å². The Bertz CT molecular complexity index is 856. The van der Waals surface area contributed by atoms with Crippen molar-refractivity contribution in [2.45, 2.75) is 51.1 Å². The highest BCUT2D eigenvalue weighted by Crippen LogP contribution is 2.30. The second-order valence-electron chi connectivity index (χ2n) is 9.02. The fourth-order valence-corrected chi connectivity index (χ4v) is 5.22. The molecule has 33 heavy (non-hydrogen) atoms. The summed E-state index contributed by atoms with van der Waals surface area (Å²) in [6.07, 6.45) is 6.21. The molecule has 3 aliphatic heterocycles. The predicted molar refractivity (Wildman–Crippen MR) is 126 cm³/mol. The number of nitrogens with zero attached hydrogens (tertiary/aromatic N) is 2. The molecule has 8 heteroatoms. The minimum atomic E-state index is -0.567. The molecule has 8 nitrogen and oxygen atoms in total. The Hall–Kier alpha value is -2.58. The quantitative estimate of drug-likeness (QED) is 0.614. The van der Waals surface area contributed by atoms with Gasteiger partial charge < -0.3 is 25.0 Å². The number of nitrogens with one attached hydrogen (secondary N) is 2. The number of ether oxygens (including phenoxy) is 2. The van der Waals surface area contributed by atoms with Crippen LogP contribution in [0.1, 0.15) is 50.6 Å². The van der Waals surface area contributed by atoms with Gasteiger partial charge in [-0.25, -0.2) is 9.59 Å². The second-order valence-corrected chi connectivity index (χ2v) is 9.02. The number of hydrogen-bond donors (Lipinski definition) is 2. The monoisotopic (exact) mass is 456 g/mol. The summed E-state index contributed by atoms with van der Waals surface area (Å²) < 4.78 is 10.6. The number of hydrogen-bond acceptors (Lipinski definition) is 6. The van der Waals surface area contributed by atoms with E-state index in [2.05, 4.69) is 20.4 Å². The van der Waals surface area contributed by atoms with E-state index in [1.165, 1.54) is 39.5 Å². The summed E-state index contributed by atoms with van der Waals surface area (Å²) in [6.45, 7) is 7.38. The molecule has 0 spiro atoms. The second kappa shape index (κ2) is 11.0. The zero-order valence-corrected chi connectivity index (χ0v) is 19.8. The van der Waals surface area contributed by atoms with Crippen LogP contribution in [0.15, 0.2) is 35.5 Å². The Balaban J connectivity index is 1.50. The molecule has 4 rings (SSSR count). The van der Waals surface area contributed by atoms with Crippen LogP contribution in [0.5, 0.6) is 5.75 Å². The van der Waals surface area contributed by atoms with Gasteiger partial charge in [0.25, 0.3) is 0 Å². The average molecular weight is 457 g/mol. The van der Waals surface area contributed by atoms with Crippen LogP contribution in [0.4, 0.5) is 4.79 Å². The van der Waals surface area contributed by atoms with Crippen molar-refractivity contribution in [3.8, 4) is 5.75 Å². The van der Waals surface area contributed by atoms with Crippen LogP contribution in [0.2, 0.25) is 0 Å². The Morgan fingerprint density at radius 3 is 2.39 bits per heavy atom. The molecule has 2 fully saturated rings. The van der Waals surface area contributed by atoms with Crippen LogP contribution >= 0.6 is 0 Å². The summed E-state index contributed by atoms with van der Waals surface area (Å²) in [7, 11) is 1.38. The standard InChI is InChI=1S/C25H36N4O4/c1-3-33-20-9-7-18(8-10-20)23-22(24(30)32-2)21(26-25(31)27-23)17-28-15-11-19(12-16-28)29-13-5-4-6-14-29/h7-10,19,23H,3-6,11-17H2,1-2H3,(H2,26,27,31)/t23-/m0/s1. The minimum Gasteiger partial charge on any atom is -0.494 e. The maximum Gasteiger partial charge on any atom is 0.338 e. The zero-order chi connectivity index (χ0) is 23.2. The number of carbonyl (C=O) groups is 2. The molecule has 180 valence electrons. The maximum atomic E-state index is 12.8. The van der Waals surface area contributed by atoms with Gasteiger partial charge in [0.15, 0.2) is 0 Å². The number of methoxy groups -OCH3 is 1. The zero-order valence-electron chi connectivity index (χ0n) is 19.8. The third-order valence-corrected chi connectivity index (χ3v) is 6.93. The molecular weight excluding hydrogens is 420 g/mol. The normalized spacial score (nSPS) is 23.1. The van der Waals surface area contributed by atoms with Gasteiger partial charge in [-0.15, -0.1) is 0 Å². The van der Waals surface area contributed by atoms with Crippen LogP contribution in [-0.4, -0.2) is 74.3 Å². The van der Waals surface area contributed by atoms with E-state index < -0.39 is 12.0 Å². The van der Waals surface area contributed by atoms with Gasteiger partial charge in [0, 0.05) is 31.4 Å². The lowest BCUT2D eigenvalue weighted by molar-refractivity contribution is -0.136. The first-order valence-corrected chi connectivity index (χ1v) is 12.2. The molecule has 1 atom stereocenters. The van der Waals surface area contributed by atoms with E-state index >= 15 is 0 Å². The lowest BCUT2D eigenvalue weighted by Crippen LogP contribution is -2.51. The molecule has 2 N–H and O–H groups in total. The van der Waals surface area contributed by atoms with Gasteiger partial charge >= 0.3 is 12.0 Å². The Kier molecular flexibility index (Phi) is 7.88. The molecule has 1 aromatic carbocycles. The lowest BCUT2D eigenvalue weighted by atomic mass is 9.94. The number of amides is 2. The van der Waals surface area contributed by atoms with Gasteiger partial charge in [-0.3, -0.25) is 4.90 Å². The summed E-state index contributed by atoms with van der Waals surface area (Å²) in [4.78, 5) is 30.3. The first-order chi connectivity index (χ1) is 16.1. The summed E-state index contributed by atoms with van der Waals surface area (Å²) >= 11 is 0. The van der Waals surface area contributed by atoms with E-state index in [0.717, 1.165) is 37.2 Å². The van der Waals surface area contributed by atoms with Crippen LogP contribution in [-0.2, 0) is 9.53 Å². The largest absolute Gasteiger partial charge is 0.494 e. The Morgan fingerprint density at radius 2 is 1.76 bits per heavy atom. The molecule has 1 aromatic rings. The molecular formula is C25H36N4O4. The maximum absolute atomic E-state index is 12.8. The molecule has 3 heterocycles. The topological polar surface area (TPSA) is 83.1 Å². The van der Waals surface area contributed by atoms with E-state index in [-0.39, 0.29) is 6.03 Å². The highest BCUT2D eigenvalue weighted by Gasteiger charge is 2.35. The number of rotatable bonds is 7. The molecule has 0 bridgehead atoms. The van der Waals surface area contributed by atoms with Gasteiger partial charge in [-0.2, -0.15) is 0 Å². The van der Waals surface area contributed by atoms with Gasteiger partial charge in [0.05, 0.1) is 25.3 Å². The molecule has 0 aliphatic carbocycles. The van der Waals surface area contributed by atoms with Gasteiger partial charge in [-0.1, -0.05) is 18.6 Å². The van der Waals surface area contributed by atoms with Crippen molar-refractivity contribution in [3.63, 3.8) is 0 Å². The third-order valence-electron chi connectivity index (χ3n) is 6.93. The summed E-state index contributed by atoms with van der Waals surface area (Å²) in [6, 6.07) is 7.25. The fraction of sp³-hybridized carbons (Fsp3) is 0.600. The smallest absolute Gasteiger partial charge is 0.338 e. The number of likely N-dealkylation sites (tertiary alicyclic amines) is 2. The molecule has 0 radical (unpaired) electrons. The molecule has 3 aliphatic rings. The fourth-order valence-electron chi connectivity index (χ4n) is 5.22. The van der Waals surface area contributed by atoms with Crippen molar-refractivity contribution in [2.24, 2.45) is 0 Å². The van der Waals surface area contributed by atoms with E-state index in [0.29, 0.717) is 30.5 Å². The lowest BCUT2D eigenvalue weighted by Gasteiger charge is -2.41. The van der Waals surface area contributed by atoms with Crippen LogP contribution in [0, 0.1) is 0 Å². The van der Waals surface area contributed by atoms with Gasteiger partial charge in [-0.05, 0) is 63.4 Å². The Morgan fingerprint density at radius 1 is 1.06 bits per heavy atom. The SMILES string of the molecule is CCOc1ccc([C@@H]2NC(=O)NC(CN3CCC(N4CCCCC4)CC3)=C2C(=O)OC)cc1. The molecule has 0 saturated carbocycles. The van der Waals surface area contributed by atoms with E-state index in [4.69, 9.17) is 9.47 Å². The van der Waals surface area contributed by atoms with E-state index in [1.54, 1.807) is 0 Å². The van der Waals surface area contributed by atoms with Crippen LogP contribution in [0.3, 0.4) is 0 Å². The predicted octanol–water partition coefficient (Wildman–Crippen LogP) is 2.82. The van der Waals surface area contributed by atoms with Gasteiger partial charge in [0.2, 0.25) is 0 Å².